The molecule has 0 saturated carbocycles. The molecule has 5 nitrogen and oxygen atoms in total. The SMILES string of the molecule is O=C(CCc1ccc(OC(F)F)cc1)N1CCC(F)(C(=O)O)C1. The van der Waals surface area contributed by atoms with Crippen LogP contribution in [0.4, 0.5) is 13.2 Å². The molecule has 1 unspecified atom stereocenters. The third kappa shape index (κ3) is 4.37. The van der Waals surface area contributed by atoms with Gasteiger partial charge in [0.25, 0.3) is 0 Å². The predicted octanol–water partition coefficient (Wildman–Crippen LogP) is 2.25. The Kier molecular flexibility index (Phi) is 5.12. The molecule has 1 atom stereocenters. The molecule has 1 N–H and O–H groups in total. The van der Waals surface area contributed by atoms with Crippen LogP contribution in [0.15, 0.2) is 24.3 Å². The van der Waals surface area contributed by atoms with Crippen LogP contribution in [0.2, 0.25) is 0 Å². The molecule has 1 aromatic carbocycles. The van der Waals surface area contributed by atoms with Gasteiger partial charge in [-0.2, -0.15) is 8.78 Å². The van der Waals surface area contributed by atoms with E-state index in [0.29, 0.717) is 6.42 Å². The molecule has 1 saturated heterocycles. The van der Waals surface area contributed by atoms with Gasteiger partial charge in [-0.3, -0.25) is 4.79 Å². The zero-order chi connectivity index (χ0) is 17.0. The average molecular weight is 331 g/mol. The normalized spacial score (nSPS) is 20.8. The molecule has 8 heteroatoms. The Balaban J connectivity index is 1.84. The number of carboxylic acids is 1. The molecule has 1 aliphatic rings. The minimum absolute atomic E-state index is 0.0262. The van der Waals surface area contributed by atoms with Gasteiger partial charge in [0.15, 0.2) is 0 Å². The molecule has 1 aromatic rings. The van der Waals surface area contributed by atoms with Crippen LogP contribution in [0.5, 0.6) is 5.75 Å². The summed E-state index contributed by atoms with van der Waals surface area (Å²) in [5.41, 5.74) is -1.63. The van der Waals surface area contributed by atoms with Crippen molar-refractivity contribution in [3.05, 3.63) is 29.8 Å². The van der Waals surface area contributed by atoms with Crippen molar-refractivity contribution in [1.29, 1.82) is 0 Å². The molecule has 0 bridgehead atoms. The van der Waals surface area contributed by atoms with Gasteiger partial charge in [-0.25, -0.2) is 9.18 Å². The highest BCUT2D eigenvalue weighted by Crippen LogP contribution is 2.26. The van der Waals surface area contributed by atoms with E-state index in [2.05, 4.69) is 4.74 Å². The zero-order valence-electron chi connectivity index (χ0n) is 12.2. The maximum atomic E-state index is 13.9. The van der Waals surface area contributed by atoms with Gasteiger partial charge in [-0.05, 0) is 24.1 Å². The third-order valence-electron chi connectivity index (χ3n) is 3.73. The lowest BCUT2D eigenvalue weighted by Gasteiger charge is -2.17. The lowest BCUT2D eigenvalue weighted by molar-refractivity contribution is -0.150. The van der Waals surface area contributed by atoms with Gasteiger partial charge in [-0.15, -0.1) is 0 Å². The Labute approximate surface area is 130 Å². The number of aliphatic carboxylic acids is 1. The van der Waals surface area contributed by atoms with Crippen LogP contribution in [0.25, 0.3) is 0 Å². The Bertz CT molecular complexity index is 579. The van der Waals surface area contributed by atoms with Crippen LogP contribution in [-0.4, -0.2) is 47.3 Å². The Hall–Kier alpha value is -2.25. The Morgan fingerprint density at radius 1 is 1.30 bits per heavy atom. The predicted molar refractivity (Wildman–Crippen MR) is 74.1 cm³/mol. The van der Waals surface area contributed by atoms with Gasteiger partial charge in [0.2, 0.25) is 11.6 Å². The summed E-state index contributed by atoms with van der Waals surface area (Å²) in [7, 11) is 0. The number of alkyl halides is 3. The first kappa shape index (κ1) is 17.1. The van der Waals surface area contributed by atoms with Crippen LogP contribution in [0, 0.1) is 0 Å². The number of likely N-dealkylation sites (tertiary alicyclic amines) is 1. The quantitative estimate of drug-likeness (QED) is 0.868. The van der Waals surface area contributed by atoms with Crippen molar-refractivity contribution in [3.8, 4) is 5.75 Å². The first-order chi connectivity index (χ1) is 10.8. The van der Waals surface area contributed by atoms with E-state index in [1.807, 2.05) is 0 Å². The minimum atomic E-state index is -2.90. The topological polar surface area (TPSA) is 66.8 Å². The van der Waals surface area contributed by atoms with Crippen LogP contribution in [0.3, 0.4) is 0 Å². The van der Waals surface area contributed by atoms with Gasteiger partial charge in [0.05, 0.1) is 6.54 Å². The van der Waals surface area contributed by atoms with E-state index in [0.717, 1.165) is 5.56 Å². The van der Waals surface area contributed by atoms with E-state index < -0.39 is 24.8 Å². The van der Waals surface area contributed by atoms with E-state index in [9.17, 15) is 22.8 Å². The van der Waals surface area contributed by atoms with Crippen molar-refractivity contribution >= 4 is 11.9 Å². The number of hydrogen-bond acceptors (Lipinski definition) is 3. The Morgan fingerprint density at radius 2 is 1.96 bits per heavy atom. The number of benzene rings is 1. The molecule has 0 aliphatic carbocycles. The number of halogens is 3. The molecule has 23 heavy (non-hydrogen) atoms. The molecule has 2 rings (SSSR count). The third-order valence-corrected chi connectivity index (χ3v) is 3.73. The molecule has 0 spiro atoms. The van der Waals surface area contributed by atoms with Gasteiger partial charge in [0, 0.05) is 19.4 Å². The van der Waals surface area contributed by atoms with E-state index >= 15 is 0 Å². The van der Waals surface area contributed by atoms with Crippen molar-refractivity contribution in [3.63, 3.8) is 0 Å². The van der Waals surface area contributed by atoms with Gasteiger partial charge in [0.1, 0.15) is 5.75 Å². The summed E-state index contributed by atoms with van der Waals surface area (Å²) in [5, 5.41) is 8.79. The van der Waals surface area contributed by atoms with Crippen LogP contribution >= 0.6 is 0 Å². The monoisotopic (exact) mass is 331 g/mol. The van der Waals surface area contributed by atoms with Gasteiger partial charge in [-0.1, -0.05) is 12.1 Å². The highest BCUT2D eigenvalue weighted by molar-refractivity contribution is 5.82. The van der Waals surface area contributed by atoms with Crippen LogP contribution < -0.4 is 4.74 Å². The lowest BCUT2D eigenvalue weighted by atomic mass is 10.1. The Morgan fingerprint density at radius 3 is 2.48 bits per heavy atom. The van der Waals surface area contributed by atoms with Crippen LogP contribution in [-0.2, 0) is 16.0 Å². The number of hydrogen-bond donors (Lipinski definition) is 1. The molecule has 1 aliphatic heterocycles. The molecule has 0 aromatic heterocycles. The number of rotatable bonds is 6. The summed E-state index contributed by atoms with van der Waals surface area (Å²) in [4.78, 5) is 24.0. The second kappa shape index (κ2) is 6.89. The fourth-order valence-electron chi connectivity index (χ4n) is 2.41. The minimum Gasteiger partial charge on any atom is -0.479 e. The smallest absolute Gasteiger partial charge is 0.387 e. The standard InChI is InChI=1S/C15H16F3NO4/c16-14(17)23-11-4-1-10(2-5-11)3-6-12(20)19-8-7-15(18,9-19)13(21)22/h1-2,4-5,14H,3,6-9H2,(H,21,22). The maximum absolute atomic E-state index is 13.9. The van der Waals surface area contributed by atoms with Crippen molar-refractivity contribution < 1.29 is 32.6 Å². The number of carbonyl (C=O) groups excluding carboxylic acids is 1. The number of carbonyl (C=O) groups is 2. The molecule has 1 heterocycles. The molecule has 1 amide bonds. The van der Waals surface area contributed by atoms with E-state index in [1.54, 1.807) is 12.1 Å². The van der Waals surface area contributed by atoms with E-state index in [1.165, 1.54) is 17.0 Å². The van der Waals surface area contributed by atoms with Crippen molar-refractivity contribution in [2.75, 3.05) is 13.1 Å². The lowest BCUT2D eigenvalue weighted by Crippen LogP contribution is -2.38. The number of ether oxygens (including phenoxy) is 1. The van der Waals surface area contributed by atoms with Crippen molar-refractivity contribution in [2.24, 2.45) is 0 Å². The summed E-state index contributed by atoms with van der Waals surface area (Å²) >= 11 is 0. The highest BCUT2D eigenvalue weighted by Gasteiger charge is 2.46. The first-order valence-electron chi connectivity index (χ1n) is 7.04. The molecule has 0 radical (unpaired) electrons. The van der Waals surface area contributed by atoms with Gasteiger partial charge >= 0.3 is 12.6 Å². The fraction of sp³-hybridized carbons (Fsp3) is 0.467. The molecule has 126 valence electrons. The van der Waals surface area contributed by atoms with E-state index in [4.69, 9.17) is 5.11 Å². The second-order valence-electron chi connectivity index (χ2n) is 5.36. The summed E-state index contributed by atoms with van der Waals surface area (Å²) < 4.78 is 42.1. The summed E-state index contributed by atoms with van der Waals surface area (Å²) in [6, 6.07) is 5.87. The second-order valence-corrected chi connectivity index (χ2v) is 5.36. The highest BCUT2D eigenvalue weighted by atomic mass is 19.3. The van der Waals surface area contributed by atoms with Gasteiger partial charge < -0.3 is 14.7 Å². The average Bonchev–Trinajstić information content (AvgIpc) is 2.90. The summed E-state index contributed by atoms with van der Waals surface area (Å²) in [5.74, 6) is -1.86. The number of amides is 1. The maximum Gasteiger partial charge on any atom is 0.387 e. The largest absolute Gasteiger partial charge is 0.479 e. The molecular formula is C15H16F3NO4. The first-order valence-corrected chi connectivity index (χ1v) is 7.04. The summed E-state index contributed by atoms with van der Waals surface area (Å²) in [6.45, 7) is -3.27. The molecular weight excluding hydrogens is 315 g/mol. The van der Waals surface area contributed by atoms with Crippen LogP contribution in [0.1, 0.15) is 18.4 Å². The number of aryl methyl sites for hydroxylation is 1. The van der Waals surface area contributed by atoms with Crippen molar-refractivity contribution in [2.45, 2.75) is 31.5 Å². The number of nitrogens with zero attached hydrogens (tertiary/aromatic N) is 1. The fourth-order valence-corrected chi connectivity index (χ4v) is 2.41. The number of carboxylic acid groups (broad SMARTS) is 1. The molecule has 1 fully saturated rings. The summed E-state index contributed by atoms with van der Waals surface area (Å²) in [6.07, 6.45) is 0.217. The van der Waals surface area contributed by atoms with E-state index in [-0.39, 0.29) is 31.0 Å². The zero-order valence-corrected chi connectivity index (χ0v) is 12.2. The van der Waals surface area contributed by atoms with Crippen molar-refractivity contribution in [1.82, 2.24) is 4.90 Å².